The first-order valence-electron chi connectivity index (χ1n) is 9.83. The third-order valence-electron chi connectivity index (χ3n) is 5.40. The van der Waals surface area contributed by atoms with E-state index in [4.69, 9.17) is 10.7 Å². The molecule has 152 valence electrons. The summed E-state index contributed by atoms with van der Waals surface area (Å²) in [6, 6.07) is 11.8. The minimum atomic E-state index is 0.0609. The zero-order valence-corrected chi connectivity index (χ0v) is 16.4. The number of nitrogen functional groups attached to an aromatic ring is 1. The Morgan fingerprint density at radius 2 is 1.57 bits per heavy atom. The van der Waals surface area contributed by atoms with Crippen LogP contribution in [0, 0.1) is 0 Å². The van der Waals surface area contributed by atoms with Crippen LogP contribution in [0.2, 0.25) is 0 Å². The summed E-state index contributed by atoms with van der Waals surface area (Å²) in [5.41, 5.74) is 10.5. The third kappa shape index (κ3) is 3.29. The number of hydrogen-bond donors (Lipinski definition) is 2. The van der Waals surface area contributed by atoms with E-state index in [1.54, 1.807) is 18.7 Å². The molecule has 30 heavy (non-hydrogen) atoms. The number of pyridine rings is 1. The maximum atomic E-state index is 9.22. The van der Waals surface area contributed by atoms with Gasteiger partial charge in [-0.25, -0.2) is 4.98 Å². The van der Waals surface area contributed by atoms with Crippen LogP contribution >= 0.6 is 0 Å². The van der Waals surface area contributed by atoms with Gasteiger partial charge in [0, 0.05) is 44.3 Å². The second-order valence-electron chi connectivity index (χ2n) is 7.20. The normalized spacial score (nSPS) is 14.4. The summed E-state index contributed by atoms with van der Waals surface area (Å²) in [5.74, 6) is 0.996. The average molecular weight is 402 g/mol. The first-order valence-corrected chi connectivity index (χ1v) is 9.83. The highest BCUT2D eigenvalue weighted by Crippen LogP contribution is 2.24. The minimum Gasteiger partial charge on any atom is -0.392 e. The number of benzene rings is 1. The van der Waals surface area contributed by atoms with Gasteiger partial charge >= 0.3 is 0 Å². The van der Waals surface area contributed by atoms with Crippen molar-refractivity contribution in [2.24, 2.45) is 0 Å². The lowest BCUT2D eigenvalue weighted by Crippen LogP contribution is -2.47. The van der Waals surface area contributed by atoms with E-state index in [0.717, 1.165) is 43.1 Å². The SMILES string of the molecule is Nc1nc(N2CCN(c3ccc(CO)cc3)CC2)nc2c1ncn2-c1ccncc1. The van der Waals surface area contributed by atoms with Gasteiger partial charge in [0.15, 0.2) is 17.0 Å². The van der Waals surface area contributed by atoms with Gasteiger partial charge in [0.05, 0.1) is 12.3 Å². The number of imidazole rings is 1. The van der Waals surface area contributed by atoms with Gasteiger partial charge in [-0.15, -0.1) is 0 Å². The molecule has 0 aliphatic carbocycles. The first-order chi connectivity index (χ1) is 14.7. The molecule has 3 N–H and O–H groups in total. The summed E-state index contributed by atoms with van der Waals surface area (Å²) in [4.78, 5) is 22.2. The fourth-order valence-corrected chi connectivity index (χ4v) is 3.72. The quantitative estimate of drug-likeness (QED) is 0.530. The molecule has 1 aromatic carbocycles. The molecule has 0 radical (unpaired) electrons. The number of aliphatic hydroxyl groups is 1. The van der Waals surface area contributed by atoms with Crippen molar-refractivity contribution in [1.29, 1.82) is 0 Å². The van der Waals surface area contributed by atoms with E-state index in [0.29, 0.717) is 22.9 Å². The number of aliphatic hydroxyl groups excluding tert-OH is 1. The molecular formula is C21H22N8O. The maximum absolute atomic E-state index is 9.22. The topological polar surface area (TPSA) is 109 Å². The largest absolute Gasteiger partial charge is 0.392 e. The zero-order chi connectivity index (χ0) is 20.5. The number of nitrogens with two attached hydrogens (primary N) is 1. The van der Waals surface area contributed by atoms with Gasteiger partial charge in [-0.1, -0.05) is 12.1 Å². The Morgan fingerprint density at radius 1 is 0.867 bits per heavy atom. The van der Waals surface area contributed by atoms with Crippen LogP contribution in [0.5, 0.6) is 0 Å². The summed E-state index contributed by atoms with van der Waals surface area (Å²) >= 11 is 0. The van der Waals surface area contributed by atoms with Crippen molar-refractivity contribution in [2.75, 3.05) is 41.7 Å². The summed E-state index contributed by atoms with van der Waals surface area (Å²) in [7, 11) is 0. The second kappa shape index (κ2) is 7.60. The van der Waals surface area contributed by atoms with Gasteiger partial charge in [0.2, 0.25) is 5.95 Å². The van der Waals surface area contributed by atoms with E-state index >= 15 is 0 Å². The predicted molar refractivity (Wildman–Crippen MR) is 116 cm³/mol. The predicted octanol–water partition coefficient (Wildman–Crippen LogP) is 1.61. The molecule has 1 aliphatic heterocycles. The number of nitrogens with zero attached hydrogens (tertiary/aromatic N) is 7. The fraction of sp³-hybridized carbons (Fsp3) is 0.238. The molecule has 0 unspecified atom stereocenters. The lowest BCUT2D eigenvalue weighted by Gasteiger charge is -2.36. The Kier molecular flexibility index (Phi) is 4.64. The van der Waals surface area contributed by atoms with Gasteiger partial charge in [0.25, 0.3) is 0 Å². The standard InChI is InChI=1S/C21H22N8O/c22-19-18-20(29(14-24-18)17-5-7-23-8-6-17)26-21(25-19)28-11-9-27(10-12-28)16-3-1-15(13-30)2-4-16/h1-8,14,30H,9-13H2,(H2,22,25,26). The third-order valence-corrected chi connectivity index (χ3v) is 5.40. The van der Waals surface area contributed by atoms with Crippen molar-refractivity contribution >= 4 is 28.6 Å². The number of fused-ring (bicyclic) bond motifs is 1. The second-order valence-corrected chi connectivity index (χ2v) is 7.20. The van der Waals surface area contributed by atoms with Crippen LogP contribution in [-0.4, -0.2) is 55.8 Å². The Balaban J connectivity index is 1.39. The molecule has 4 aromatic rings. The maximum Gasteiger partial charge on any atom is 0.229 e. The van der Waals surface area contributed by atoms with Crippen molar-refractivity contribution in [3.8, 4) is 5.69 Å². The molecule has 0 atom stereocenters. The van der Waals surface area contributed by atoms with Crippen LogP contribution in [0.25, 0.3) is 16.9 Å². The minimum absolute atomic E-state index is 0.0609. The van der Waals surface area contributed by atoms with Gasteiger partial charge in [-0.3, -0.25) is 9.55 Å². The van der Waals surface area contributed by atoms with Crippen LogP contribution < -0.4 is 15.5 Å². The zero-order valence-electron chi connectivity index (χ0n) is 16.4. The Labute approximate surface area is 173 Å². The van der Waals surface area contributed by atoms with E-state index in [9.17, 15) is 5.11 Å². The molecule has 0 bridgehead atoms. The van der Waals surface area contributed by atoms with Crippen molar-refractivity contribution in [2.45, 2.75) is 6.61 Å². The van der Waals surface area contributed by atoms with Crippen LogP contribution in [0.3, 0.4) is 0 Å². The highest BCUT2D eigenvalue weighted by atomic mass is 16.3. The Hall–Kier alpha value is -3.72. The van der Waals surface area contributed by atoms with Crippen LogP contribution in [0.4, 0.5) is 17.5 Å². The summed E-state index contributed by atoms with van der Waals surface area (Å²) in [6.07, 6.45) is 5.18. The molecule has 0 amide bonds. The van der Waals surface area contributed by atoms with Gasteiger partial charge in [-0.05, 0) is 29.8 Å². The summed E-state index contributed by atoms with van der Waals surface area (Å²) < 4.78 is 1.90. The molecule has 9 nitrogen and oxygen atoms in total. The Morgan fingerprint density at radius 3 is 2.27 bits per heavy atom. The molecule has 9 heteroatoms. The van der Waals surface area contributed by atoms with E-state index in [1.165, 1.54) is 0 Å². The molecular weight excluding hydrogens is 380 g/mol. The molecule has 1 aliphatic rings. The average Bonchev–Trinajstić information content (AvgIpc) is 3.24. The van der Waals surface area contributed by atoms with E-state index < -0.39 is 0 Å². The van der Waals surface area contributed by atoms with E-state index in [-0.39, 0.29) is 6.61 Å². The molecule has 5 rings (SSSR count). The van der Waals surface area contributed by atoms with Gasteiger partial charge < -0.3 is 20.6 Å². The van der Waals surface area contributed by atoms with Gasteiger partial charge in [-0.2, -0.15) is 9.97 Å². The molecule has 0 saturated carbocycles. The Bertz CT molecular complexity index is 1150. The van der Waals surface area contributed by atoms with Crippen LogP contribution in [0.15, 0.2) is 55.1 Å². The molecule has 3 aromatic heterocycles. The van der Waals surface area contributed by atoms with Crippen molar-refractivity contribution in [3.05, 3.63) is 60.7 Å². The molecule has 0 spiro atoms. The lowest BCUT2D eigenvalue weighted by molar-refractivity contribution is 0.282. The van der Waals surface area contributed by atoms with Crippen molar-refractivity contribution in [3.63, 3.8) is 0 Å². The molecule has 4 heterocycles. The number of hydrogen-bond acceptors (Lipinski definition) is 8. The summed E-state index contributed by atoms with van der Waals surface area (Å²) in [5, 5.41) is 9.22. The van der Waals surface area contributed by atoms with E-state index in [2.05, 4.69) is 36.9 Å². The smallest absolute Gasteiger partial charge is 0.229 e. The van der Waals surface area contributed by atoms with Crippen LogP contribution in [0.1, 0.15) is 5.56 Å². The van der Waals surface area contributed by atoms with Crippen LogP contribution in [-0.2, 0) is 6.61 Å². The van der Waals surface area contributed by atoms with E-state index in [1.807, 2.05) is 28.8 Å². The number of rotatable bonds is 4. The highest BCUT2D eigenvalue weighted by molar-refractivity contribution is 5.84. The monoisotopic (exact) mass is 402 g/mol. The molecule has 1 fully saturated rings. The number of aromatic nitrogens is 5. The number of anilines is 3. The fourth-order valence-electron chi connectivity index (χ4n) is 3.72. The van der Waals surface area contributed by atoms with Crippen molar-refractivity contribution < 1.29 is 5.11 Å². The lowest BCUT2D eigenvalue weighted by atomic mass is 10.2. The van der Waals surface area contributed by atoms with Gasteiger partial charge in [0.1, 0.15) is 6.33 Å². The highest BCUT2D eigenvalue weighted by Gasteiger charge is 2.21. The summed E-state index contributed by atoms with van der Waals surface area (Å²) in [6.45, 7) is 3.34. The van der Waals surface area contributed by atoms with Crippen molar-refractivity contribution in [1.82, 2.24) is 24.5 Å². The number of piperazine rings is 1. The molecule has 1 saturated heterocycles. The first kappa shape index (κ1) is 18.3.